The molecule has 0 aliphatic heterocycles. The standard InChI is InChI=1S/C8H11N5O2/c1-13(2)4-10-5-3-6(14)11-8(9)12-7(5)15/h3-4H,1-2H3,(H3,9,11,12,14,15)/b10-4-. The van der Waals surface area contributed by atoms with Gasteiger partial charge in [-0.05, 0) is 0 Å². The van der Waals surface area contributed by atoms with E-state index in [-0.39, 0.29) is 11.6 Å². The predicted octanol–water partition coefficient (Wildman–Crippen LogP) is -1.07. The highest BCUT2D eigenvalue weighted by Gasteiger charge is 1.98. The topological polar surface area (TPSA) is 104 Å². The van der Waals surface area contributed by atoms with E-state index in [1.54, 1.807) is 19.0 Å². The van der Waals surface area contributed by atoms with Crippen LogP contribution < -0.4 is 16.9 Å². The number of aromatic amines is 1. The molecule has 0 spiro atoms. The van der Waals surface area contributed by atoms with Crippen LogP contribution in [0.3, 0.4) is 0 Å². The molecule has 0 aromatic carbocycles. The minimum atomic E-state index is -0.649. The SMILES string of the molecule is CN(C)/C=N\c1cc(=O)[nH]c(N)nc1=O. The summed E-state index contributed by atoms with van der Waals surface area (Å²) < 4.78 is 0. The highest BCUT2D eigenvalue weighted by molar-refractivity contribution is 5.59. The molecule has 0 unspecified atom stereocenters. The van der Waals surface area contributed by atoms with Crippen molar-refractivity contribution in [1.29, 1.82) is 0 Å². The van der Waals surface area contributed by atoms with Crippen LogP contribution in [0.4, 0.5) is 11.6 Å². The smallest absolute Gasteiger partial charge is 0.299 e. The first-order valence-corrected chi connectivity index (χ1v) is 4.11. The van der Waals surface area contributed by atoms with Crippen LogP contribution in [0.2, 0.25) is 0 Å². The molecule has 0 atom stereocenters. The maximum absolute atomic E-state index is 11.3. The van der Waals surface area contributed by atoms with Crippen LogP contribution in [0, 0.1) is 0 Å². The quantitative estimate of drug-likeness (QED) is 0.477. The predicted molar refractivity (Wildman–Crippen MR) is 57.4 cm³/mol. The maximum Gasteiger partial charge on any atom is 0.299 e. The lowest BCUT2D eigenvalue weighted by atomic mass is 10.5. The van der Waals surface area contributed by atoms with Crippen LogP contribution in [0.25, 0.3) is 0 Å². The molecule has 7 heteroatoms. The van der Waals surface area contributed by atoms with E-state index in [9.17, 15) is 9.59 Å². The summed E-state index contributed by atoms with van der Waals surface area (Å²) in [4.78, 5) is 33.5. The van der Waals surface area contributed by atoms with Crippen molar-refractivity contribution >= 4 is 18.0 Å². The van der Waals surface area contributed by atoms with Crippen LogP contribution >= 0.6 is 0 Å². The second-order valence-corrected chi connectivity index (χ2v) is 3.03. The lowest BCUT2D eigenvalue weighted by molar-refractivity contribution is 0.643. The van der Waals surface area contributed by atoms with Crippen molar-refractivity contribution in [2.75, 3.05) is 19.8 Å². The van der Waals surface area contributed by atoms with Gasteiger partial charge in [0, 0.05) is 20.2 Å². The van der Waals surface area contributed by atoms with Crippen molar-refractivity contribution in [3.8, 4) is 0 Å². The van der Waals surface area contributed by atoms with E-state index in [0.29, 0.717) is 0 Å². The number of aliphatic imine (C=N–C) groups is 1. The first-order chi connectivity index (χ1) is 6.99. The number of nitrogens with two attached hydrogens (primary N) is 1. The Bertz CT molecular complexity index is 491. The third-order valence-electron chi connectivity index (χ3n) is 1.39. The van der Waals surface area contributed by atoms with Crippen LogP contribution in [0.5, 0.6) is 0 Å². The second kappa shape index (κ2) is 4.36. The Labute approximate surface area is 85.3 Å². The molecular weight excluding hydrogens is 198 g/mol. The van der Waals surface area contributed by atoms with E-state index in [2.05, 4.69) is 15.0 Å². The summed E-state index contributed by atoms with van der Waals surface area (Å²) in [5.41, 5.74) is 4.01. The molecule has 0 aliphatic rings. The lowest BCUT2D eigenvalue weighted by Gasteiger charge is -2.00. The third-order valence-corrected chi connectivity index (χ3v) is 1.39. The van der Waals surface area contributed by atoms with Gasteiger partial charge in [0.1, 0.15) is 5.69 Å². The van der Waals surface area contributed by atoms with Gasteiger partial charge in [0.2, 0.25) is 5.95 Å². The number of aromatic nitrogens is 2. The fraction of sp³-hybridized carbons (Fsp3) is 0.250. The first-order valence-electron chi connectivity index (χ1n) is 4.11. The Hall–Kier alpha value is -2.18. The molecule has 15 heavy (non-hydrogen) atoms. The lowest BCUT2D eigenvalue weighted by Crippen LogP contribution is -2.09. The highest BCUT2D eigenvalue weighted by Crippen LogP contribution is 1.97. The van der Waals surface area contributed by atoms with E-state index < -0.39 is 11.1 Å². The molecule has 80 valence electrons. The average molecular weight is 209 g/mol. The number of nitrogens with zero attached hydrogens (tertiary/aromatic N) is 3. The number of nitrogens with one attached hydrogen (secondary N) is 1. The molecule has 0 saturated carbocycles. The van der Waals surface area contributed by atoms with Crippen molar-refractivity contribution in [3.05, 3.63) is 26.8 Å². The van der Waals surface area contributed by atoms with Crippen molar-refractivity contribution in [3.63, 3.8) is 0 Å². The molecule has 1 heterocycles. The largest absolute Gasteiger partial charge is 0.369 e. The van der Waals surface area contributed by atoms with Crippen molar-refractivity contribution in [2.24, 2.45) is 4.99 Å². The number of nitrogen functional groups attached to an aromatic ring is 1. The number of anilines is 1. The van der Waals surface area contributed by atoms with Gasteiger partial charge in [-0.1, -0.05) is 0 Å². The Kier molecular flexibility index (Phi) is 3.17. The van der Waals surface area contributed by atoms with Gasteiger partial charge >= 0.3 is 0 Å². The zero-order valence-corrected chi connectivity index (χ0v) is 8.39. The molecule has 0 saturated heterocycles. The Balaban J connectivity index is 3.33. The van der Waals surface area contributed by atoms with E-state index in [0.717, 1.165) is 6.07 Å². The maximum atomic E-state index is 11.3. The number of rotatable bonds is 2. The normalized spacial score (nSPS) is 10.5. The average Bonchev–Trinajstić information content (AvgIpc) is 2.21. The molecule has 1 rings (SSSR count). The minimum Gasteiger partial charge on any atom is -0.369 e. The van der Waals surface area contributed by atoms with Crippen LogP contribution in [-0.2, 0) is 0 Å². The zero-order valence-electron chi connectivity index (χ0n) is 8.39. The van der Waals surface area contributed by atoms with Crippen molar-refractivity contribution in [2.45, 2.75) is 0 Å². The van der Waals surface area contributed by atoms with E-state index in [1.165, 1.54) is 6.34 Å². The fourth-order valence-corrected chi connectivity index (χ4v) is 0.813. The fourth-order valence-electron chi connectivity index (χ4n) is 0.813. The summed E-state index contributed by atoms with van der Waals surface area (Å²) in [7, 11) is 3.48. The van der Waals surface area contributed by atoms with Crippen LogP contribution in [0.1, 0.15) is 0 Å². The van der Waals surface area contributed by atoms with Crippen LogP contribution in [0.15, 0.2) is 20.6 Å². The Morgan fingerprint density at radius 1 is 1.53 bits per heavy atom. The minimum absolute atomic E-state index is 0.0540. The molecule has 1 aromatic rings. The van der Waals surface area contributed by atoms with Crippen molar-refractivity contribution < 1.29 is 0 Å². The van der Waals surface area contributed by atoms with Gasteiger partial charge in [0.15, 0.2) is 0 Å². The third kappa shape index (κ3) is 3.22. The summed E-state index contributed by atoms with van der Waals surface area (Å²) in [5, 5.41) is 0. The van der Waals surface area contributed by atoms with Gasteiger partial charge < -0.3 is 10.6 Å². The number of H-pyrrole nitrogens is 1. The summed E-state index contributed by atoms with van der Waals surface area (Å²) >= 11 is 0. The second-order valence-electron chi connectivity index (χ2n) is 3.03. The highest BCUT2D eigenvalue weighted by atomic mass is 16.1. The first kappa shape index (κ1) is 10.9. The summed E-state index contributed by atoms with van der Waals surface area (Å²) in [6.45, 7) is 0. The molecule has 0 radical (unpaired) electrons. The van der Waals surface area contributed by atoms with Crippen LogP contribution in [-0.4, -0.2) is 35.3 Å². The molecular formula is C8H11N5O2. The summed E-state index contributed by atoms with van der Waals surface area (Å²) in [6, 6.07) is 1.05. The Morgan fingerprint density at radius 3 is 2.80 bits per heavy atom. The Morgan fingerprint density at radius 2 is 2.20 bits per heavy atom. The molecule has 0 bridgehead atoms. The van der Waals surface area contributed by atoms with Gasteiger partial charge in [-0.25, -0.2) is 4.99 Å². The number of hydrogen-bond acceptors (Lipinski definition) is 5. The van der Waals surface area contributed by atoms with Gasteiger partial charge in [-0.3, -0.25) is 14.6 Å². The summed E-state index contributed by atoms with van der Waals surface area (Å²) in [5.74, 6) is -0.226. The molecule has 0 fully saturated rings. The molecule has 7 nitrogen and oxygen atoms in total. The van der Waals surface area contributed by atoms with Crippen molar-refractivity contribution in [1.82, 2.24) is 14.9 Å². The molecule has 0 amide bonds. The number of hydrogen-bond donors (Lipinski definition) is 2. The molecule has 0 aliphatic carbocycles. The van der Waals surface area contributed by atoms with E-state index in [4.69, 9.17) is 5.73 Å². The zero-order chi connectivity index (χ0) is 11.4. The molecule has 3 N–H and O–H groups in total. The van der Waals surface area contributed by atoms with E-state index >= 15 is 0 Å². The van der Waals surface area contributed by atoms with Gasteiger partial charge in [0.25, 0.3) is 11.1 Å². The summed E-state index contributed by atoms with van der Waals surface area (Å²) in [6.07, 6.45) is 1.40. The van der Waals surface area contributed by atoms with E-state index in [1.807, 2.05) is 0 Å². The van der Waals surface area contributed by atoms with Gasteiger partial charge in [-0.2, -0.15) is 4.98 Å². The van der Waals surface area contributed by atoms with Gasteiger partial charge in [-0.15, -0.1) is 0 Å². The van der Waals surface area contributed by atoms with Gasteiger partial charge in [0.05, 0.1) is 6.34 Å². The molecule has 1 aromatic heterocycles. The monoisotopic (exact) mass is 209 g/mol.